The van der Waals surface area contributed by atoms with Crippen LogP contribution in [-0.4, -0.2) is 47.1 Å². The van der Waals surface area contributed by atoms with Crippen molar-refractivity contribution in [3.05, 3.63) is 71.7 Å². The molecule has 4 N–H and O–H groups in total. The lowest BCUT2D eigenvalue weighted by atomic mass is 9.88. The average molecular weight is 443 g/mol. The molecule has 5 atom stereocenters. The Bertz CT molecular complexity index is 974. The van der Waals surface area contributed by atoms with E-state index in [0.29, 0.717) is 5.57 Å². The molecule has 0 spiro atoms. The van der Waals surface area contributed by atoms with Crippen molar-refractivity contribution in [1.82, 2.24) is 10.6 Å². The molecule has 3 rings (SSSR count). The van der Waals surface area contributed by atoms with E-state index in [0.717, 1.165) is 36.3 Å². The number of halogens is 2. The summed E-state index contributed by atoms with van der Waals surface area (Å²) in [6.07, 6.45) is 11.6. The van der Waals surface area contributed by atoms with Gasteiger partial charge in [-0.2, -0.15) is 0 Å². The maximum atomic E-state index is 13.5. The summed E-state index contributed by atoms with van der Waals surface area (Å²) in [5, 5.41) is 23.9. The summed E-state index contributed by atoms with van der Waals surface area (Å²) in [4.78, 5) is 16.6. The lowest BCUT2D eigenvalue weighted by Gasteiger charge is -2.24. The second-order valence-electron chi connectivity index (χ2n) is 8.05. The molecule has 2 unspecified atom stereocenters. The van der Waals surface area contributed by atoms with Gasteiger partial charge >= 0.3 is 6.03 Å². The van der Waals surface area contributed by atoms with Crippen LogP contribution in [0.4, 0.5) is 13.6 Å². The first kappa shape index (κ1) is 23.5. The van der Waals surface area contributed by atoms with Crippen molar-refractivity contribution in [2.45, 2.75) is 51.2 Å². The van der Waals surface area contributed by atoms with Crippen molar-refractivity contribution in [3.8, 4) is 0 Å². The Morgan fingerprint density at radius 1 is 1.28 bits per heavy atom. The summed E-state index contributed by atoms with van der Waals surface area (Å²) in [5.41, 5.74) is 2.80. The van der Waals surface area contributed by atoms with Gasteiger partial charge in [-0.05, 0) is 61.6 Å². The van der Waals surface area contributed by atoms with Gasteiger partial charge in [-0.25, -0.2) is 13.6 Å². The van der Waals surface area contributed by atoms with E-state index in [1.165, 1.54) is 12.3 Å². The Labute approximate surface area is 186 Å². The van der Waals surface area contributed by atoms with E-state index < -0.39 is 30.5 Å². The molecule has 2 amide bonds. The predicted octanol–water partition coefficient (Wildman–Crippen LogP) is 3.99. The number of fused-ring (bicyclic) bond motifs is 1. The third-order valence-electron chi connectivity index (χ3n) is 5.57. The van der Waals surface area contributed by atoms with Crippen LogP contribution in [0.1, 0.15) is 26.7 Å². The Morgan fingerprint density at radius 2 is 2.06 bits per heavy atom. The first-order chi connectivity index (χ1) is 15.3. The number of nitrogens with zero attached hydrogens (tertiary/aromatic N) is 1. The van der Waals surface area contributed by atoms with Crippen LogP contribution in [0, 0.1) is 11.3 Å². The molecule has 1 aliphatic heterocycles. The molecule has 2 aliphatic carbocycles. The Kier molecular flexibility index (Phi) is 7.69. The van der Waals surface area contributed by atoms with Gasteiger partial charge in [0.1, 0.15) is 0 Å². The number of urea groups is 1. The fourth-order valence-corrected chi connectivity index (χ4v) is 3.61. The second kappa shape index (κ2) is 10.5. The van der Waals surface area contributed by atoms with Crippen molar-refractivity contribution < 1.29 is 18.7 Å². The normalized spacial score (nSPS) is 26.7. The standard InChI is InChI=1S/C24H28F2N4O2/c1-14(22(27)17-7-9-21-16(11-17)5-3-4-10-28-21)13-29-24(32)30-15(2)23(31)18-6-8-19(25)20(26)12-18/h4,6-13,15-16,19-20,23,27,31H,3,5H2,1-2H3,(H2,29,30,32)/b14-13+,27-22?/t15-,16+,19?,20?,23-/m1/s1. The van der Waals surface area contributed by atoms with Gasteiger partial charge in [0, 0.05) is 24.0 Å². The zero-order valence-corrected chi connectivity index (χ0v) is 18.1. The molecule has 0 aromatic rings. The van der Waals surface area contributed by atoms with Gasteiger partial charge in [0.2, 0.25) is 0 Å². The number of amides is 2. The number of aliphatic hydroxyl groups is 1. The highest BCUT2D eigenvalue weighted by Gasteiger charge is 2.26. The zero-order valence-electron chi connectivity index (χ0n) is 18.1. The number of allylic oxidation sites excluding steroid dienone is 8. The smallest absolute Gasteiger partial charge is 0.319 e. The molecule has 32 heavy (non-hydrogen) atoms. The SMILES string of the molecule is C/C(=C\NC(=O)N[C@H](C)[C@@H](O)C1=CC(F)C(F)C=C1)C(=N)C1=C[C@@H]2CCC=CN=C2C=C1. The summed E-state index contributed by atoms with van der Waals surface area (Å²) < 4.78 is 26.7. The molecule has 0 bridgehead atoms. The van der Waals surface area contributed by atoms with Crippen LogP contribution < -0.4 is 10.6 Å². The molecular weight excluding hydrogens is 414 g/mol. The van der Waals surface area contributed by atoms with Crippen LogP contribution in [0.15, 0.2) is 76.6 Å². The third kappa shape index (κ3) is 5.76. The molecule has 0 radical (unpaired) electrons. The number of alkyl halides is 2. The summed E-state index contributed by atoms with van der Waals surface area (Å²) in [5.74, 6) is 0.163. The Balaban J connectivity index is 1.55. The molecule has 0 fully saturated rings. The third-order valence-corrected chi connectivity index (χ3v) is 5.57. The van der Waals surface area contributed by atoms with Crippen LogP contribution >= 0.6 is 0 Å². The topological polar surface area (TPSA) is 97.6 Å². The molecule has 0 aromatic carbocycles. The fourth-order valence-electron chi connectivity index (χ4n) is 3.61. The number of nitrogens with one attached hydrogen (secondary N) is 3. The van der Waals surface area contributed by atoms with Gasteiger partial charge in [0.05, 0.1) is 17.9 Å². The van der Waals surface area contributed by atoms with Gasteiger partial charge in [0.15, 0.2) is 12.3 Å². The van der Waals surface area contributed by atoms with Crippen LogP contribution in [-0.2, 0) is 0 Å². The lowest BCUT2D eigenvalue weighted by Crippen LogP contribution is -2.45. The van der Waals surface area contributed by atoms with Crippen molar-refractivity contribution in [2.24, 2.45) is 10.9 Å². The monoisotopic (exact) mass is 442 g/mol. The quantitative estimate of drug-likeness (QED) is 0.468. The number of hydrogen-bond donors (Lipinski definition) is 4. The van der Waals surface area contributed by atoms with Gasteiger partial charge < -0.3 is 15.7 Å². The molecule has 0 aromatic heterocycles. The van der Waals surface area contributed by atoms with E-state index in [1.54, 1.807) is 13.8 Å². The van der Waals surface area contributed by atoms with E-state index in [9.17, 15) is 18.7 Å². The van der Waals surface area contributed by atoms with Crippen LogP contribution in [0.3, 0.4) is 0 Å². The second-order valence-corrected chi connectivity index (χ2v) is 8.05. The van der Waals surface area contributed by atoms with Crippen molar-refractivity contribution in [3.63, 3.8) is 0 Å². The van der Waals surface area contributed by atoms with Crippen molar-refractivity contribution >= 4 is 17.5 Å². The molecule has 0 saturated carbocycles. The van der Waals surface area contributed by atoms with E-state index in [-0.39, 0.29) is 17.2 Å². The summed E-state index contributed by atoms with van der Waals surface area (Å²) in [6.45, 7) is 3.28. The number of carbonyl (C=O) groups excluding carboxylic acids is 1. The minimum absolute atomic E-state index is 0.163. The Morgan fingerprint density at radius 3 is 2.81 bits per heavy atom. The van der Waals surface area contributed by atoms with Crippen molar-refractivity contribution in [2.75, 3.05) is 0 Å². The van der Waals surface area contributed by atoms with Crippen LogP contribution in [0.5, 0.6) is 0 Å². The summed E-state index contributed by atoms with van der Waals surface area (Å²) in [7, 11) is 0. The van der Waals surface area contributed by atoms with Gasteiger partial charge in [-0.15, -0.1) is 0 Å². The van der Waals surface area contributed by atoms with E-state index >= 15 is 0 Å². The Hall–Kier alpha value is -3.13. The molecule has 6 nitrogen and oxygen atoms in total. The van der Waals surface area contributed by atoms with Crippen LogP contribution in [0.25, 0.3) is 0 Å². The number of carbonyl (C=O) groups is 1. The number of aliphatic imine (C=N–C) groups is 1. The van der Waals surface area contributed by atoms with Gasteiger partial charge in [0.25, 0.3) is 0 Å². The maximum absolute atomic E-state index is 13.5. The maximum Gasteiger partial charge on any atom is 0.319 e. The van der Waals surface area contributed by atoms with E-state index in [2.05, 4.69) is 15.6 Å². The fraction of sp³-hybridized carbons (Fsp3) is 0.375. The molecule has 8 heteroatoms. The molecule has 3 aliphatic rings. The van der Waals surface area contributed by atoms with E-state index in [1.807, 2.05) is 30.5 Å². The minimum atomic E-state index is -1.82. The highest BCUT2D eigenvalue weighted by Crippen LogP contribution is 2.24. The van der Waals surface area contributed by atoms with Gasteiger partial charge in [-0.3, -0.25) is 10.4 Å². The first-order valence-corrected chi connectivity index (χ1v) is 10.6. The molecular formula is C24H28F2N4O2. The average Bonchev–Trinajstić information content (AvgIpc) is 3.03. The highest BCUT2D eigenvalue weighted by atomic mass is 19.2. The van der Waals surface area contributed by atoms with Crippen LogP contribution in [0.2, 0.25) is 0 Å². The minimum Gasteiger partial charge on any atom is -0.386 e. The largest absolute Gasteiger partial charge is 0.386 e. The molecule has 170 valence electrons. The highest BCUT2D eigenvalue weighted by molar-refractivity contribution is 6.14. The summed E-state index contributed by atoms with van der Waals surface area (Å²) >= 11 is 0. The number of hydrogen-bond acceptors (Lipinski definition) is 4. The number of rotatable bonds is 6. The summed E-state index contributed by atoms with van der Waals surface area (Å²) in [6, 6.07) is -1.32. The van der Waals surface area contributed by atoms with Gasteiger partial charge in [-0.1, -0.05) is 24.3 Å². The molecule has 0 saturated heterocycles. The van der Waals surface area contributed by atoms with Crippen molar-refractivity contribution in [1.29, 1.82) is 5.41 Å². The lowest BCUT2D eigenvalue weighted by molar-refractivity contribution is 0.165. The molecule has 1 heterocycles. The number of aliphatic hydroxyl groups excluding tert-OH is 1. The first-order valence-electron chi connectivity index (χ1n) is 10.6. The predicted molar refractivity (Wildman–Crippen MR) is 122 cm³/mol. The zero-order chi connectivity index (χ0) is 23.3. The van der Waals surface area contributed by atoms with E-state index in [4.69, 9.17) is 5.41 Å².